The number of ether oxygens (including phenoxy) is 1. The van der Waals surface area contributed by atoms with Gasteiger partial charge in [0.15, 0.2) is 0 Å². The van der Waals surface area contributed by atoms with E-state index in [0.29, 0.717) is 18.8 Å². The maximum atomic E-state index is 12.5. The summed E-state index contributed by atoms with van der Waals surface area (Å²) in [5.41, 5.74) is 0.551. The number of aromatic nitrogens is 1. The maximum absolute atomic E-state index is 12.5. The molecule has 1 unspecified atom stereocenters. The molecular formula is C13H23N3O3S. The molecule has 7 heteroatoms. The Labute approximate surface area is 121 Å². The first-order chi connectivity index (χ1) is 9.42. The number of anilines is 1. The molecule has 0 amide bonds. The van der Waals surface area contributed by atoms with Crippen LogP contribution in [0.1, 0.15) is 20.8 Å². The van der Waals surface area contributed by atoms with E-state index in [4.69, 9.17) is 4.74 Å². The minimum Gasteiger partial charge on any atom is -0.384 e. The van der Waals surface area contributed by atoms with Gasteiger partial charge in [-0.15, -0.1) is 0 Å². The summed E-state index contributed by atoms with van der Waals surface area (Å²) < 4.78 is 32.7. The van der Waals surface area contributed by atoms with Crippen molar-refractivity contribution < 1.29 is 13.2 Å². The second-order valence-corrected chi connectivity index (χ2v) is 6.51. The monoisotopic (exact) mass is 301 g/mol. The van der Waals surface area contributed by atoms with Crippen LogP contribution in [0.25, 0.3) is 0 Å². The van der Waals surface area contributed by atoms with Crippen molar-refractivity contribution in [3.8, 4) is 0 Å². The van der Waals surface area contributed by atoms with Crippen LogP contribution >= 0.6 is 0 Å². The van der Waals surface area contributed by atoms with Crippen LogP contribution in [0.2, 0.25) is 0 Å². The SMILES string of the molecule is CCNc1ccncc1S(=O)(=O)NC(COC)C(C)C. The predicted molar refractivity (Wildman–Crippen MR) is 79.2 cm³/mol. The van der Waals surface area contributed by atoms with E-state index >= 15 is 0 Å². The number of methoxy groups -OCH3 is 1. The lowest BCUT2D eigenvalue weighted by atomic mass is 10.1. The Morgan fingerprint density at radius 1 is 1.40 bits per heavy atom. The van der Waals surface area contributed by atoms with E-state index in [0.717, 1.165) is 0 Å². The summed E-state index contributed by atoms with van der Waals surface area (Å²) in [7, 11) is -2.08. The Hall–Kier alpha value is -1.18. The van der Waals surface area contributed by atoms with Gasteiger partial charge >= 0.3 is 0 Å². The molecule has 1 aromatic heterocycles. The molecular weight excluding hydrogens is 278 g/mol. The van der Waals surface area contributed by atoms with Crippen LogP contribution in [-0.2, 0) is 14.8 Å². The highest BCUT2D eigenvalue weighted by atomic mass is 32.2. The fourth-order valence-corrected chi connectivity index (χ4v) is 3.23. The Kier molecular flexibility index (Phi) is 6.38. The van der Waals surface area contributed by atoms with Crippen LogP contribution in [0.5, 0.6) is 0 Å². The number of hydrogen-bond acceptors (Lipinski definition) is 5. The molecule has 0 aliphatic heterocycles. The number of pyridine rings is 1. The van der Waals surface area contributed by atoms with Crippen LogP contribution < -0.4 is 10.0 Å². The topological polar surface area (TPSA) is 80.3 Å². The highest BCUT2D eigenvalue weighted by Gasteiger charge is 2.24. The predicted octanol–water partition coefficient (Wildman–Crippen LogP) is 1.46. The van der Waals surface area contributed by atoms with Crippen molar-refractivity contribution in [3.05, 3.63) is 18.5 Å². The first-order valence-corrected chi connectivity index (χ1v) is 8.09. The minimum atomic E-state index is -3.63. The lowest BCUT2D eigenvalue weighted by molar-refractivity contribution is 0.157. The molecule has 0 fully saturated rings. The third kappa shape index (κ3) is 4.43. The highest BCUT2D eigenvalue weighted by molar-refractivity contribution is 7.89. The summed E-state index contributed by atoms with van der Waals surface area (Å²) in [5, 5.41) is 3.03. The van der Waals surface area contributed by atoms with Crippen molar-refractivity contribution in [2.75, 3.05) is 25.6 Å². The van der Waals surface area contributed by atoms with Crippen molar-refractivity contribution in [2.45, 2.75) is 31.7 Å². The van der Waals surface area contributed by atoms with E-state index in [1.165, 1.54) is 6.20 Å². The van der Waals surface area contributed by atoms with Gasteiger partial charge in [-0.05, 0) is 18.9 Å². The summed E-state index contributed by atoms with van der Waals surface area (Å²) in [5.74, 6) is 0.129. The first kappa shape index (κ1) is 16.9. The zero-order chi connectivity index (χ0) is 15.2. The highest BCUT2D eigenvalue weighted by Crippen LogP contribution is 2.20. The molecule has 0 bridgehead atoms. The lowest BCUT2D eigenvalue weighted by Crippen LogP contribution is -2.41. The summed E-state index contributed by atoms with van der Waals surface area (Å²) in [6, 6.07) is 1.37. The van der Waals surface area contributed by atoms with Gasteiger partial charge < -0.3 is 10.1 Å². The standard InChI is InChI=1S/C13H23N3O3S/c1-5-15-11-6-7-14-8-13(11)20(17,18)16-12(9-19-4)10(2)3/h6-8,10,12,16H,5,9H2,1-4H3,(H,14,15). The number of nitrogens with one attached hydrogen (secondary N) is 2. The lowest BCUT2D eigenvalue weighted by Gasteiger charge is -2.22. The molecule has 114 valence electrons. The summed E-state index contributed by atoms with van der Waals surface area (Å²) in [6.45, 7) is 6.76. The Balaban J connectivity index is 3.04. The van der Waals surface area contributed by atoms with Crippen molar-refractivity contribution >= 4 is 15.7 Å². The third-order valence-electron chi connectivity index (χ3n) is 2.90. The Morgan fingerprint density at radius 3 is 2.65 bits per heavy atom. The summed E-state index contributed by atoms with van der Waals surface area (Å²) >= 11 is 0. The average Bonchev–Trinajstić information content (AvgIpc) is 2.39. The van der Waals surface area contributed by atoms with Crippen LogP contribution in [0.15, 0.2) is 23.4 Å². The van der Waals surface area contributed by atoms with E-state index in [2.05, 4.69) is 15.0 Å². The van der Waals surface area contributed by atoms with Crippen LogP contribution in [0.3, 0.4) is 0 Å². The number of rotatable bonds is 8. The fraction of sp³-hybridized carbons (Fsp3) is 0.615. The largest absolute Gasteiger partial charge is 0.384 e. The normalized spacial score (nSPS) is 13.4. The van der Waals surface area contributed by atoms with Crippen molar-refractivity contribution in [1.29, 1.82) is 0 Å². The van der Waals surface area contributed by atoms with Gasteiger partial charge in [-0.1, -0.05) is 13.8 Å². The molecule has 0 spiro atoms. The van der Waals surface area contributed by atoms with Crippen molar-refractivity contribution in [3.63, 3.8) is 0 Å². The molecule has 1 atom stereocenters. The zero-order valence-electron chi connectivity index (χ0n) is 12.4. The Morgan fingerprint density at radius 2 is 2.10 bits per heavy atom. The molecule has 0 radical (unpaired) electrons. The zero-order valence-corrected chi connectivity index (χ0v) is 13.2. The van der Waals surface area contributed by atoms with Gasteiger partial charge in [0, 0.05) is 32.1 Å². The molecule has 0 saturated heterocycles. The van der Waals surface area contributed by atoms with Gasteiger partial charge in [-0.2, -0.15) is 0 Å². The number of hydrogen-bond donors (Lipinski definition) is 2. The molecule has 1 heterocycles. The van der Waals surface area contributed by atoms with Crippen LogP contribution in [0, 0.1) is 5.92 Å². The molecule has 20 heavy (non-hydrogen) atoms. The van der Waals surface area contributed by atoms with Crippen LogP contribution in [0.4, 0.5) is 5.69 Å². The second kappa shape index (κ2) is 7.56. The maximum Gasteiger partial charge on any atom is 0.244 e. The summed E-state index contributed by atoms with van der Waals surface area (Å²) in [6.07, 6.45) is 2.91. The van der Waals surface area contributed by atoms with Crippen molar-refractivity contribution in [1.82, 2.24) is 9.71 Å². The Bertz CT molecular complexity index is 517. The van der Waals surface area contributed by atoms with Gasteiger partial charge in [0.1, 0.15) is 4.90 Å². The van der Waals surface area contributed by atoms with Gasteiger partial charge in [0.2, 0.25) is 10.0 Å². The molecule has 0 aliphatic carbocycles. The average molecular weight is 301 g/mol. The number of nitrogens with zero attached hydrogens (tertiary/aromatic N) is 1. The second-order valence-electron chi connectivity index (χ2n) is 4.83. The molecule has 0 aliphatic rings. The van der Waals surface area contributed by atoms with E-state index in [1.54, 1.807) is 19.4 Å². The first-order valence-electron chi connectivity index (χ1n) is 6.61. The summed E-state index contributed by atoms with van der Waals surface area (Å²) in [4.78, 5) is 4.06. The molecule has 6 nitrogen and oxygen atoms in total. The molecule has 1 aromatic rings. The smallest absolute Gasteiger partial charge is 0.244 e. The van der Waals surface area contributed by atoms with Gasteiger partial charge in [-0.25, -0.2) is 13.1 Å². The van der Waals surface area contributed by atoms with Crippen LogP contribution in [-0.4, -0.2) is 39.7 Å². The minimum absolute atomic E-state index is 0.129. The van der Waals surface area contributed by atoms with E-state index < -0.39 is 10.0 Å². The quantitative estimate of drug-likeness (QED) is 0.760. The van der Waals surface area contributed by atoms with Gasteiger partial charge in [0.05, 0.1) is 12.3 Å². The van der Waals surface area contributed by atoms with Gasteiger partial charge in [0.25, 0.3) is 0 Å². The van der Waals surface area contributed by atoms with Crippen molar-refractivity contribution in [2.24, 2.45) is 5.92 Å². The van der Waals surface area contributed by atoms with E-state index in [1.807, 2.05) is 20.8 Å². The third-order valence-corrected chi connectivity index (χ3v) is 4.42. The number of sulfonamides is 1. The fourth-order valence-electron chi connectivity index (χ4n) is 1.74. The molecule has 1 rings (SSSR count). The molecule has 2 N–H and O–H groups in total. The van der Waals surface area contributed by atoms with Gasteiger partial charge in [-0.3, -0.25) is 4.98 Å². The molecule has 0 saturated carbocycles. The van der Waals surface area contributed by atoms with E-state index in [9.17, 15) is 8.42 Å². The molecule has 0 aromatic carbocycles. The van der Waals surface area contributed by atoms with E-state index in [-0.39, 0.29) is 16.9 Å².